The maximum absolute atomic E-state index is 12.8. The molecule has 6 heteroatoms. The van der Waals surface area contributed by atoms with Gasteiger partial charge in [-0.1, -0.05) is 228 Å². The Balaban J connectivity index is 4.45. The predicted octanol–water partition coefficient (Wildman–Crippen LogP) is 18.0. The largest absolute Gasteiger partial charge is 0.462 e. The van der Waals surface area contributed by atoms with Gasteiger partial charge in [0.2, 0.25) is 0 Å². The van der Waals surface area contributed by atoms with Gasteiger partial charge in [0.25, 0.3) is 0 Å². The third kappa shape index (κ3) is 51.4. The molecule has 0 unspecified atom stereocenters. The first kappa shape index (κ1) is 61.6. The van der Waals surface area contributed by atoms with E-state index in [0.29, 0.717) is 19.3 Å². The van der Waals surface area contributed by atoms with Crippen molar-refractivity contribution in [2.75, 3.05) is 13.2 Å². The lowest BCUT2D eigenvalue weighted by atomic mass is 10.0. The van der Waals surface area contributed by atoms with E-state index in [1.165, 1.54) is 89.9 Å². The summed E-state index contributed by atoms with van der Waals surface area (Å²) in [6.45, 7) is 6.45. The van der Waals surface area contributed by atoms with Gasteiger partial charge in [-0.2, -0.15) is 0 Å². The van der Waals surface area contributed by atoms with Crippen LogP contribution in [-0.2, 0) is 28.6 Å². The highest BCUT2D eigenvalue weighted by atomic mass is 16.6. The van der Waals surface area contributed by atoms with Crippen LogP contribution in [0.25, 0.3) is 0 Å². The molecular formula is C59H100O6. The molecule has 0 fully saturated rings. The van der Waals surface area contributed by atoms with Crippen molar-refractivity contribution in [1.82, 2.24) is 0 Å². The van der Waals surface area contributed by atoms with Crippen LogP contribution in [0.4, 0.5) is 0 Å². The van der Waals surface area contributed by atoms with Gasteiger partial charge in [-0.15, -0.1) is 0 Å². The van der Waals surface area contributed by atoms with Gasteiger partial charge in [-0.05, 0) is 89.9 Å². The molecule has 0 aromatic rings. The van der Waals surface area contributed by atoms with Crippen molar-refractivity contribution in [2.24, 2.45) is 0 Å². The molecule has 0 N–H and O–H groups in total. The summed E-state index contributed by atoms with van der Waals surface area (Å²) in [5.74, 6) is -0.936. The van der Waals surface area contributed by atoms with E-state index in [1.54, 1.807) is 0 Å². The van der Waals surface area contributed by atoms with Gasteiger partial charge in [0.15, 0.2) is 6.10 Å². The summed E-state index contributed by atoms with van der Waals surface area (Å²) in [6, 6.07) is 0. The molecule has 65 heavy (non-hydrogen) atoms. The topological polar surface area (TPSA) is 78.9 Å². The molecular weight excluding hydrogens is 805 g/mol. The van der Waals surface area contributed by atoms with Crippen LogP contribution in [0.2, 0.25) is 0 Å². The number of unbranched alkanes of at least 4 members (excludes halogenated alkanes) is 23. The average Bonchev–Trinajstić information content (AvgIpc) is 3.30. The molecule has 0 heterocycles. The van der Waals surface area contributed by atoms with E-state index in [4.69, 9.17) is 14.2 Å². The molecule has 372 valence electrons. The van der Waals surface area contributed by atoms with Crippen molar-refractivity contribution in [3.05, 3.63) is 85.1 Å². The number of rotatable bonds is 48. The molecule has 0 saturated heterocycles. The third-order valence-corrected chi connectivity index (χ3v) is 11.4. The summed E-state index contributed by atoms with van der Waals surface area (Å²) in [5.41, 5.74) is 0. The third-order valence-electron chi connectivity index (χ3n) is 11.4. The maximum atomic E-state index is 12.8. The predicted molar refractivity (Wildman–Crippen MR) is 279 cm³/mol. The number of hydrogen-bond acceptors (Lipinski definition) is 6. The molecule has 0 aliphatic carbocycles. The number of ether oxygens (including phenoxy) is 3. The van der Waals surface area contributed by atoms with E-state index in [1.807, 2.05) is 0 Å². The SMILES string of the molecule is CC/C=C/C/C=C/C/C=C/C/C=C/C/C=C/CCCCCC(=O)OC[C@@H](COC(=O)CCCCCCCCCCCCCCCC)OC(=O)CCCCCCC/C=C/C/C=C/CCCC. The summed E-state index contributed by atoms with van der Waals surface area (Å²) in [7, 11) is 0. The summed E-state index contributed by atoms with van der Waals surface area (Å²) >= 11 is 0. The maximum Gasteiger partial charge on any atom is 0.306 e. The molecule has 0 saturated carbocycles. The molecule has 0 spiro atoms. The fourth-order valence-electron chi connectivity index (χ4n) is 7.31. The number of allylic oxidation sites excluding steroid dienone is 14. The second-order valence-electron chi connectivity index (χ2n) is 17.8. The minimum atomic E-state index is -0.796. The Morgan fingerprint density at radius 1 is 0.323 bits per heavy atom. The van der Waals surface area contributed by atoms with E-state index in [9.17, 15) is 14.4 Å². The smallest absolute Gasteiger partial charge is 0.306 e. The standard InChI is InChI=1S/C59H100O6/c1-4-7-10-13-16-19-22-25-28-29-30-31-32-35-37-40-43-46-49-52-58(61)64-55-56(65-59(62)53-50-47-44-41-38-34-27-24-21-18-15-12-9-6-3)54-63-57(60)51-48-45-42-39-36-33-26-23-20-17-14-11-8-5-2/h7,10,15-16,18-19,24-25,27-28,30-31,35,37,56H,4-6,8-9,11-14,17,20-23,26,29,32-34,36,38-55H2,1-3H3/b10-7+,18-15+,19-16+,27-24+,28-25+,31-30+,37-35+/t56-/m1/s1. The van der Waals surface area contributed by atoms with E-state index in [0.717, 1.165) is 122 Å². The quantitative estimate of drug-likeness (QED) is 0.0262. The monoisotopic (exact) mass is 905 g/mol. The van der Waals surface area contributed by atoms with Crippen molar-refractivity contribution in [1.29, 1.82) is 0 Å². The molecule has 0 rings (SSSR count). The second-order valence-corrected chi connectivity index (χ2v) is 17.8. The summed E-state index contributed by atoms with van der Waals surface area (Å²) in [5, 5.41) is 0. The molecule has 0 aromatic heterocycles. The molecule has 0 bridgehead atoms. The lowest BCUT2D eigenvalue weighted by Crippen LogP contribution is -2.30. The van der Waals surface area contributed by atoms with Gasteiger partial charge in [0.1, 0.15) is 13.2 Å². The molecule has 0 aromatic carbocycles. The van der Waals surface area contributed by atoms with E-state index in [2.05, 4.69) is 106 Å². The first-order chi connectivity index (χ1) is 32.0. The Labute approximate surface area is 401 Å². The van der Waals surface area contributed by atoms with Gasteiger partial charge >= 0.3 is 17.9 Å². The fourth-order valence-corrected chi connectivity index (χ4v) is 7.31. The summed E-state index contributed by atoms with van der Waals surface area (Å²) in [4.78, 5) is 38.0. The zero-order chi connectivity index (χ0) is 47.2. The van der Waals surface area contributed by atoms with Crippen LogP contribution in [0.15, 0.2) is 85.1 Å². The number of carbonyl (C=O) groups excluding carboxylic acids is 3. The molecule has 0 radical (unpaired) electrons. The van der Waals surface area contributed by atoms with Crippen LogP contribution in [0.3, 0.4) is 0 Å². The Morgan fingerprint density at radius 3 is 1.00 bits per heavy atom. The van der Waals surface area contributed by atoms with Crippen LogP contribution in [-0.4, -0.2) is 37.2 Å². The number of hydrogen-bond donors (Lipinski definition) is 0. The molecule has 0 aliphatic rings. The van der Waals surface area contributed by atoms with E-state index < -0.39 is 6.10 Å². The zero-order valence-corrected chi connectivity index (χ0v) is 42.5. The van der Waals surface area contributed by atoms with Gasteiger partial charge in [0.05, 0.1) is 0 Å². The summed E-state index contributed by atoms with van der Waals surface area (Å²) in [6.07, 6.45) is 68.5. The number of esters is 3. The Bertz CT molecular complexity index is 1270. The van der Waals surface area contributed by atoms with Crippen LogP contribution in [0.1, 0.15) is 252 Å². The zero-order valence-electron chi connectivity index (χ0n) is 42.5. The molecule has 0 amide bonds. The van der Waals surface area contributed by atoms with E-state index >= 15 is 0 Å². The van der Waals surface area contributed by atoms with Crippen molar-refractivity contribution >= 4 is 17.9 Å². The van der Waals surface area contributed by atoms with Crippen LogP contribution >= 0.6 is 0 Å². The van der Waals surface area contributed by atoms with Gasteiger partial charge < -0.3 is 14.2 Å². The van der Waals surface area contributed by atoms with Crippen molar-refractivity contribution < 1.29 is 28.6 Å². The van der Waals surface area contributed by atoms with Crippen LogP contribution in [0, 0.1) is 0 Å². The Morgan fingerprint density at radius 2 is 0.615 bits per heavy atom. The van der Waals surface area contributed by atoms with Gasteiger partial charge in [-0.25, -0.2) is 0 Å². The lowest BCUT2D eigenvalue weighted by molar-refractivity contribution is -0.167. The highest BCUT2D eigenvalue weighted by Crippen LogP contribution is 2.15. The first-order valence-electron chi connectivity index (χ1n) is 27.1. The second kappa shape index (κ2) is 53.2. The normalized spacial score (nSPS) is 12.7. The van der Waals surface area contributed by atoms with Crippen molar-refractivity contribution in [3.8, 4) is 0 Å². The Hall–Kier alpha value is -3.41. The van der Waals surface area contributed by atoms with Crippen LogP contribution < -0.4 is 0 Å². The van der Waals surface area contributed by atoms with Crippen LogP contribution in [0.5, 0.6) is 0 Å². The minimum absolute atomic E-state index is 0.0915. The first-order valence-corrected chi connectivity index (χ1v) is 27.1. The van der Waals surface area contributed by atoms with Crippen molar-refractivity contribution in [3.63, 3.8) is 0 Å². The minimum Gasteiger partial charge on any atom is -0.462 e. The molecule has 6 nitrogen and oxygen atoms in total. The average molecular weight is 905 g/mol. The van der Waals surface area contributed by atoms with E-state index in [-0.39, 0.29) is 31.1 Å². The molecule has 1 atom stereocenters. The molecule has 0 aliphatic heterocycles. The number of carbonyl (C=O) groups is 3. The highest BCUT2D eigenvalue weighted by Gasteiger charge is 2.19. The fraction of sp³-hybridized carbons (Fsp3) is 0.712. The highest BCUT2D eigenvalue weighted by molar-refractivity contribution is 5.71. The van der Waals surface area contributed by atoms with Crippen molar-refractivity contribution in [2.45, 2.75) is 258 Å². The summed E-state index contributed by atoms with van der Waals surface area (Å²) < 4.78 is 16.8. The lowest BCUT2D eigenvalue weighted by Gasteiger charge is -2.18. The van der Waals surface area contributed by atoms with Gasteiger partial charge in [-0.3, -0.25) is 14.4 Å². The van der Waals surface area contributed by atoms with Gasteiger partial charge in [0, 0.05) is 19.3 Å². The Kier molecular flexibility index (Phi) is 50.4.